The lowest BCUT2D eigenvalue weighted by molar-refractivity contribution is -0.167. The predicted molar refractivity (Wildman–Crippen MR) is 280 cm³/mol. The molecular formula is C59H112O6. The summed E-state index contributed by atoms with van der Waals surface area (Å²) in [5, 5.41) is 0. The topological polar surface area (TPSA) is 78.9 Å². The zero-order valence-electron chi connectivity index (χ0n) is 44.0. The van der Waals surface area contributed by atoms with Crippen molar-refractivity contribution >= 4 is 17.9 Å². The van der Waals surface area contributed by atoms with E-state index < -0.39 is 6.10 Å². The molecule has 0 aliphatic carbocycles. The molecule has 384 valence electrons. The molecule has 0 saturated carbocycles. The Morgan fingerprint density at radius 3 is 0.769 bits per heavy atom. The van der Waals surface area contributed by atoms with Crippen molar-refractivity contribution in [3.8, 4) is 0 Å². The molecule has 1 atom stereocenters. The van der Waals surface area contributed by atoms with Gasteiger partial charge in [0.25, 0.3) is 0 Å². The monoisotopic (exact) mass is 917 g/mol. The second-order valence-electron chi connectivity index (χ2n) is 19.9. The number of esters is 3. The van der Waals surface area contributed by atoms with Gasteiger partial charge < -0.3 is 14.2 Å². The number of unbranched alkanes of at least 4 members (excludes halogenated alkanes) is 41. The number of rotatable bonds is 54. The summed E-state index contributed by atoms with van der Waals surface area (Å²) in [6.07, 6.45) is 62.0. The quantitative estimate of drug-likeness (QED) is 0.0262. The van der Waals surface area contributed by atoms with E-state index in [1.165, 1.54) is 225 Å². The summed E-state index contributed by atoms with van der Waals surface area (Å²) < 4.78 is 16.9. The molecule has 0 rings (SSSR count). The molecule has 0 N–H and O–H groups in total. The summed E-state index contributed by atoms with van der Waals surface area (Å²) in [4.78, 5) is 38.1. The number of carbonyl (C=O) groups is 3. The van der Waals surface area contributed by atoms with Crippen molar-refractivity contribution in [2.45, 2.75) is 335 Å². The maximum atomic E-state index is 12.8. The molecule has 0 aromatic carbocycles. The minimum atomic E-state index is -0.768. The zero-order valence-corrected chi connectivity index (χ0v) is 44.0. The van der Waals surface area contributed by atoms with E-state index in [0.29, 0.717) is 19.3 Å². The number of hydrogen-bond acceptors (Lipinski definition) is 6. The van der Waals surface area contributed by atoms with Gasteiger partial charge >= 0.3 is 17.9 Å². The van der Waals surface area contributed by atoms with Gasteiger partial charge in [-0.25, -0.2) is 0 Å². The van der Waals surface area contributed by atoms with Crippen LogP contribution in [0.4, 0.5) is 0 Å². The van der Waals surface area contributed by atoms with E-state index >= 15 is 0 Å². The molecule has 0 amide bonds. The number of carbonyl (C=O) groups excluding carboxylic acids is 3. The zero-order chi connectivity index (χ0) is 47.2. The highest BCUT2D eigenvalue weighted by atomic mass is 16.6. The van der Waals surface area contributed by atoms with Crippen LogP contribution in [0, 0.1) is 0 Å². The highest BCUT2D eigenvalue weighted by Crippen LogP contribution is 2.17. The van der Waals surface area contributed by atoms with E-state index in [2.05, 4.69) is 32.9 Å². The van der Waals surface area contributed by atoms with Gasteiger partial charge in [0.05, 0.1) is 0 Å². The summed E-state index contributed by atoms with van der Waals surface area (Å²) in [5.74, 6) is -0.851. The summed E-state index contributed by atoms with van der Waals surface area (Å²) in [6.45, 7) is 6.69. The molecule has 0 fully saturated rings. The Labute approximate surface area is 405 Å². The maximum Gasteiger partial charge on any atom is 0.306 e. The lowest BCUT2D eigenvalue weighted by Crippen LogP contribution is -2.30. The van der Waals surface area contributed by atoms with Gasteiger partial charge in [0.2, 0.25) is 0 Å². The SMILES string of the molecule is CCCCCCCC/C=C\CCCCCCCC(=O)O[C@H](COC(=O)CCCCCCCCCCCCCCCC)COC(=O)CCCCCCCCCCCCCCCCCCCC. The van der Waals surface area contributed by atoms with Crippen molar-refractivity contribution in [2.75, 3.05) is 13.2 Å². The highest BCUT2D eigenvalue weighted by Gasteiger charge is 2.19. The fraction of sp³-hybridized carbons (Fsp3) is 0.915. The van der Waals surface area contributed by atoms with Crippen LogP contribution in [0.5, 0.6) is 0 Å². The molecule has 0 unspecified atom stereocenters. The first-order chi connectivity index (χ1) is 32.0. The Balaban J connectivity index is 4.31. The van der Waals surface area contributed by atoms with Crippen LogP contribution in [0.3, 0.4) is 0 Å². The number of allylic oxidation sites excluding steroid dienone is 2. The van der Waals surface area contributed by atoms with Crippen molar-refractivity contribution in [2.24, 2.45) is 0 Å². The number of hydrogen-bond donors (Lipinski definition) is 0. The molecule has 0 aromatic rings. The van der Waals surface area contributed by atoms with Gasteiger partial charge in [-0.2, -0.15) is 0 Å². The first-order valence-electron chi connectivity index (χ1n) is 29.2. The minimum absolute atomic E-state index is 0.0673. The molecule has 65 heavy (non-hydrogen) atoms. The van der Waals surface area contributed by atoms with Gasteiger partial charge in [-0.05, 0) is 44.9 Å². The smallest absolute Gasteiger partial charge is 0.306 e. The highest BCUT2D eigenvalue weighted by molar-refractivity contribution is 5.71. The molecule has 6 heteroatoms. The van der Waals surface area contributed by atoms with Crippen LogP contribution in [0.2, 0.25) is 0 Å². The summed E-state index contributed by atoms with van der Waals surface area (Å²) in [7, 11) is 0. The summed E-state index contributed by atoms with van der Waals surface area (Å²) in [6, 6.07) is 0. The van der Waals surface area contributed by atoms with Crippen molar-refractivity contribution in [3.05, 3.63) is 12.2 Å². The van der Waals surface area contributed by atoms with Gasteiger partial charge in [0.15, 0.2) is 6.10 Å². The van der Waals surface area contributed by atoms with Crippen LogP contribution in [0.15, 0.2) is 12.2 Å². The van der Waals surface area contributed by atoms with Gasteiger partial charge in [-0.1, -0.05) is 277 Å². The largest absolute Gasteiger partial charge is 0.462 e. The van der Waals surface area contributed by atoms with E-state index in [0.717, 1.165) is 64.2 Å². The first-order valence-corrected chi connectivity index (χ1v) is 29.2. The Kier molecular flexibility index (Phi) is 53.2. The van der Waals surface area contributed by atoms with Crippen molar-refractivity contribution in [1.29, 1.82) is 0 Å². The molecule has 0 saturated heterocycles. The fourth-order valence-electron chi connectivity index (χ4n) is 8.85. The predicted octanol–water partition coefficient (Wildman–Crippen LogP) is 19.3. The maximum absolute atomic E-state index is 12.8. The van der Waals surface area contributed by atoms with E-state index in [9.17, 15) is 14.4 Å². The van der Waals surface area contributed by atoms with E-state index in [1.54, 1.807) is 0 Å². The summed E-state index contributed by atoms with van der Waals surface area (Å²) in [5.41, 5.74) is 0. The standard InChI is InChI=1S/C59H112O6/c1-4-7-10-13-16-19-22-25-28-29-30-32-34-37-40-43-46-49-52-58(61)64-55-56(54-63-57(60)51-48-45-42-39-36-33-27-24-21-18-15-12-9-6-3)65-59(62)53-50-47-44-41-38-35-31-26-23-20-17-14-11-8-5-2/h26,31,56H,4-25,27-30,32-55H2,1-3H3/b31-26-/t56-/m1/s1. The van der Waals surface area contributed by atoms with Crippen LogP contribution in [-0.4, -0.2) is 37.2 Å². The van der Waals surface area contributed by atoms with Crippen molar-refractivity contribution < 1.29 is 28.6 Å². The van der Waals surface area contributed by atoms with Crippen LogP contribution in [0.1, 0.15) is 329 Å². The molecule has 0 bridgehead atoms. The average Bonchev–Trinajstić information content (AvgIpc) is 3.30. The van der Waals surface area contributed by atoms with E-state index in [4.69, 9.17) is 14.2 Å². The summed E-state index contributed by atoms with van der Waals surface area (Å²) >= 11 is 0. The van der Waals surface area contributed by atoms with Gasteiger partial charge in [-0.15, -0.1) is 0 Å². The minimum Gasteiger partial charge on any atom is -0.462 e. The Morgan fingerprint density at radius 1 is 0.292 bits per heavy atom. The van der Waals surface area contributed by atoms with E-state index in [-0.39, 0.29) is 31.1 Å². The average molecular weight is 918 g/mol. The lowest BCUT2D eigenvalue weighted by atomic mass is 10.0. The second-order valence-corrected chi connectivity index (χ2v) is 19.9. The third kappa shape index (κ3) is 53.0. The van der Waals surface area contributed by atoms with E-state index in [1.807, 2.05) is 0 Å². The lowest BCUT2D eigenvalue weighted by Gasteiger charge is -2.18. The number of ether oxygens (including phenoxy) is 3. The van der Waals surface area contributed by atoms with Crippen LogP contribution in [-0.2, 0) is 28.6 Å². The fourth-order valence-corrected chi connectivity index (χ4v) is 8.85. The van der Waals surface area contributed by atoms with Gasteiger partial charge in [0.1, 0.15) is 13.2 Å². The Morgan fingerprint density at radius 2 is 0.508 bits per heavy atom. The molecule has 0 aromatic heterocycles. The molecular weight excluding hydrogens is 805 g/mol. The third-order valence-corrected chi connectivity index (χ3v) is 13.3. The second kappa shape index (κ2) is 54.8. The van der Waals surface area contributed by atoms with Crippen LogP contribution >= 0.6 is 0 Å². The van der Waals surface area contributed by atoms with Crippen molar-refractivity contribution in [1.82, 2.24) is 0 Å². The van der Waals surface area contributed by atoms with Gasteiger partial charge in [0, 0.05) is 19.3 Å². The van der Waals surface area contributed by atoms with Gasteiger partial charge in [-0.3, -0.25) is 14.4 Å². The molecule has 6 nitrogen and oxygen atoms in total. The molecule has 0 spiro atoms. The molecule has 0 aliphatic heterocycles. The molecule has 0 aliphatic rings. The normalized spacial score (nSPS) is 12.0. The first kappa shape index (κ1) is 63.1. The van der Waals surface area contributed by atoms with Crippen molar-refractivity contribution in [3.63, 3.8) is 0 Å². The van der Waals surface area contributed by atoms with Crippen LogP contribution < -0.4 is 0 Å². The third-order valence-electron chi connectivity index (χ3n) is 13.3. The van der Waals surface area contributed by atoms with Crippen LogP contribution in [0.25, 0.3) is 0 Å². The molecule has 0 heterocycles. The Hall–Kier alpha value is -1.85. The molecule has 0 radical (unpaired) electrons. The Bertz CT molecular complexity index is 1010.